The predicted molar refractivity (Wildman–Crippen MR) is 117 cm³/mol. The van der Waals surface area contributed by atoms with Gasteiger partial charge in [0.2, 0.25) is 0 Å². The minimum atomic E-state index is -3.73. The summed E-state index contributed by atoms with van der Waals surface area (Å²) < 4.78 is 31.6. The average molecular weight is 414 g/mol. The number of benzene rings is 2. The third-order valence-corrected chi connectivity index (χ3v) is 6.57. The molecule has 0 aliphatic carbocycles. The van der Waals surface area contributed by atoms with E-state index >= 15 is 0 Å². The second-order valence-electron chi connectivity index (χ2n) is 7.71. The van der Waals surface area contributed by atoms with Gasteiger partial charge < -0.3 is 0 Å². The molecule has 0 saturated carbocycles. The molecule has 0 amide bonds. The number of aryl methyl sites for hydroxylation is 2. The summed E-state index contributed by atoms with van der Waals surface area (Å²) in [6, 6.07) is 11.9. The summed E-state index contributed by atoms with van der Waals surface area (Å²) >= 11 is 0. The standard InChI is InChI=1S/C22H27N3O3S/c1-14(2)21-17(5)24(6)25(22(21)26)18-8-10-19(11-9-18)29(27,28)23-20-12-7-15(3)13-16(20)4/h7-14,23H,1-6H3. The number of nitrogens with zero attached hydrogens (tertiary/aromatic N) is 2. The van der Waals surface area contributed by atoms with Crippen LogP contribution in [0.2, 0.25) is 0 Å². The largest absolute Gasteiger partial charge is 0.285 e. The smallest absolute Gasteiger partial charge is 0.275 e. The summed E-state index contributed by atoms with van der Waals surface area (Å²) in [4.78, 5) is 13.0. The van der Waals surface area contributed by atoms with Gasteiger partial charge in [-0.25, -0.2) is 13.1 Å². The summed E-state index contributed by atoms with van der Waals surface area (Å²) in [5.74, 6) is 0.108. The molecule has 29 heavy (non-hydrogen) atoms. The summed E-state index contributed by atoms with van der Waals surface area (Å²) in [7, 11) is -1.90. The van der Waals surface area contributed by atoms with Gasteiger partial charge in [-0.3, -0.25) is 14.2 Å². The van der Waals surface area contributed by atoms with Crippen LogP contribution >= 0.6 is 0 Å². The van der Waals surface area contributed by atoms with Crippen LogP contribution in [0.3, 0.4) is 0 Å². The molecule has 0 saturated heterocycles. The van der Waals surface area contributed by atoms with Crippen molar-refractivity contribution < 1.29 is 8.42 Å². The number of aromatic nitrogens is 2. The molecule has 0 spiro atoms. The molecule has 0 bridgehead atoms. The van der Waals surface area contributed by atoms with E-state index in [1.807, 2.05) is 53.8 Å². The van der Waals surface area contributed by atoms with E-state index in [0.29, 0.717) is 11.4 Å². The maximum atomic E-state index is 12.9. The molecule has 154 valence electrons. The van der Waals surface area contributed by atoms with Crippen LogP contribution < -0.4 is 10.3 Å². The lowest BCUT2D eigenvalue weighted by molar-refractivity contribution is 0.601. The molecule has 1 aromatic heterocycles. The maximum Gasteiger partial charge on any atom is 0.275 e. The fourth-order valence-electron chi connectivity index (χ4n) is 3.58. The van der Waals surface area contributed by atoms with Gasteiger partial charge in [0.05, 0.1) is 16.3 Å². The molecule has 7 heteroatoms. The van der Waals surface area contributed by atoms with Crippen LogP contribution in [0.4, 0.5) is 5.69 Å². The highest BCUT2D eigenvalue weighted by atomic mass is 32.2. The lowest BCUT2D eigenvalue weighted by Gasteiger charge is -2.12. The maximum absolute atomic E-state index is 12.9. The zero-order chi connectivity index (χ0) is 21.5. The summed E-state index contributed by atoms with van der Waals surface area (Å²) in [6.45, 7) is 9.72. The fraction of sp³-hybridized carbons (Fsp3) is 0.318. The van der Waals surface area contributed by atoms with E-state index in [-0.39, 0.29) is 16.4 Å². The van der Waals surface area contributed by atoms with Crippen molar-refractivity contribution in [1.82, 2.24) is 9.36 Å². The summed E-state index contributed by atoms with van der Waals surface area (Å²) in [5, 5.41) is 0. The lowest BCUT2D eigenvalue weighted by atomic mass is 10.0. The quantitative estimate of drug-likeness (QED) is 0.686. The third kappa shape index (κ3) is 3.87. The molecule has 0 fully saturated rings. The zero-order valence-corrected chi connectivity index (χ0v) is 18.5. The molecule has 0 atom stereocenters. The van der Waals surface area contributed by atoms with Crippen LogP contribution in [-0.4, -0.2) is 17.8 Å². The SMILES string of the molecule is Cc1ccc(NS(=O)(=O)c2ccc(-n3c(=O)c(C(C)C)c(C)n3C)cc2)c(C)c1. The van der Waals surface area contributed by atoms with Crippen LogP contribution in [0.15, 0.2) is 52.2 Å². The van der Waals surface area contributed by atoms with Gasteiger partial charge in [-0.15, -0.1) is 0 Å². The van der Waals surface area contributed by atoms with Crippen molar-refractivity contribution >= 4 is 15.7 Å². The molecule has 1 N–H and O–H groups in total. The van der Waals surface area contributed by atoms with E-state index in [9.17, 15) is 13.2 Å². The normalized spacial score (nSPS) is 11.8. The first kappa shape index (κ1) is 20.9. The Kier molecular flexibility index (Phi) is 5.45. The Hall–Kier alpha value is -2.80. The van der Waals surface area contributed by atoms with Crippen molar-refractivity contribution in [3.63, 3.8) is 0 Å². The second kappa shape index (κ2) is 7.55. The molecule has 2 aromatic carbocycles. The molecule has 3 aromatic rings. The molecular weight excluding hydrogens is 386 g/mol. The van der Waals surface area contributed by atoms with Crippen LogP contribution in [0.25, 0.3) is 5.69 Å². The van der Waals surface area contributed by atoms with Crippen molar-refractivity contribution in [2.45, 2.75) is 45.4 Å². The van der Waals surface area contributed by atoms with Gasteiger partial charge in [-0.2, -0.15) is 0 Å². The first-order valence-corrected chi connectivity index (χ1v) is 11.0. The Morgan fingerprint density at radius 3 is 2.10 bits per heavy atom. The Balaban J connectivity index is 1.97. The molecule has 0 unspecified atom stereocenters. The van der Waals surface area contributed by atoms with Crippen LogP contribution in [-0.2, 0) is 17.1 Å². The number of anilines is 1. The summed E-state index contributed by atoms with van der Waals surface area (Å²) in [6.07, 6.45) is 0. The third-order valence-electron chi connectivity index (χ3n) is 5.19. The van der Waals surface area contributed by atoms with Gasteiger partial charge >= 0.3 is 0 Å². The van der Waals surface area contributed by atoms with E-state index in [1.54, 1.807) is 27.6 Å². The number of rotatable bonds is 5. The second-order valence-corrected chi connectivity index (χ2v) is 9.39. The van der Waals surface area contributed by atoms with Gasteiger partial charge in [0.15, 0.2) is 0 Å². The Bertz CT molecular complexity index is 1220. The van der Waals surface area contributed by atoms with Gasteiger partial charge in [0.25, 0.3) is 15.6 Å². The Morgan fingerprint density at radius 1 is 0.966 bits per heavy atom. The number of hydrogen-bond acceptors (Lipinski definition) is 3. The van der Waals surface area contributed by atoms with Crippen molar-refractivity contribution in [3.05, 3.63) is 75.2 Å². The van der Waals surface area contributed by atoms with Gasteiger partial charge in [-0.1, -0.05) is 31.5 Å². The van der Waals surface area contributed by atoms with Crippen molar-refractivity contribution in [3.8, 4) is 5.69 Å². The molecule has 0 aliphatic heterocycles. The summed E-state index contributed by atoms with van der Waals surface area (Å²) in [5.41, 5.74) is 4.69. The molecule has 0 radical (unpaired) electrons. The Morgan fingerprint density at radius 2 is 1.59 bits per heavy atom. The number of sulfonamides is 1. The van der Waals surface area contributed by atoms with E-state index in [4.69, 9.17) is 0 Å². The fourth-order valence-corrected chi connectivity index (χ4v) is 4.71. The van der Waals surface area contributed by atoms with E-state index in [2.05, 4.69) is 4.72 Å². The van der Waals surface area contributed by atoms with Gasteiger partial charge in [-0.05, 0) is 62.6 Å². The minimum Gasteiger partial charge on any atom is -0.285 e. The highest BCUT2D eigenvalue weighted by molar-refractivity contribution is 7.92. The average Bonchev–Trinajstić information content (AvgIpc) is 2.86. The monoisotopic (exact) mass is 413 g/mol. The van der Waals surface area contributed by atoms with Gasteiger partial charge in [0.1, 0.15) is 0 Å². The number of hydrogen-bond donors (Lipinski definition) is 1. The van der Waals surface area contributed by atoms with Crippen LogP contribution in [0, 0.1) is 20.8 Å². The van der Waals surface area contributed by atoms with E-state index in [0.717, 1.165) is 22.4 Å². The Labute approximate surface area is 171 Å². The highest BCUT2D eigenvalue weighted by Gasteiger charge is 2.20. The predicted octanol–water partition coefficient (Wildman–Crippen LogP) is 4.03. The topological polar surface area (TPSA) is 73.1 Å². The number of nitrogens with one attached hydrogen (secondary N) is 1. The van der Waals surface area contributed by atoms with Crippen molar-refractivity contribution in [2.75, 3.05) is 4.72 Å². The van der Waals surface area contributed by atoms with Crippen LogP contribution in [0.1, 0.15) is 42.1 Å². The van der Waals surface area contributed by atoms with Crippen molar-refractivity contribution in [2.24, 2.45) is 7.05 Å². The van der Waals surface area contributed by atoms with Crippen LogP contribution in [0.5, 0.6) is 0 Å². The lowest BCUT2D eigenvalue weighted by Crippen LogP contribution is -2.21. The van der Waals surface area contributed by atoms with E-state index < -0.39 is 10.0 Å². The minimum absolute atomic E-state index is 0.0796. The molecule has 6 nitrogen and oxygen atoms in total. The highest BCUT2D eigenvalue weighted by Crippen LogP contribution is 2.22. The first-order chi connectivity index (χ1) is 13.5. The molecular formula is C22H27N3O3S. The molecule has 1 heterocycles. The van der Waals surface area contributed by atoms with Crippen molar-refractivity contribution in [1.29, 1.82) is 0 Å². The van der Waals surface area contributed by atoms with Gasteiger partial charge in [0, 0.05) is 18.3 Å². The first-order valence-electron chi connectivity index (χ1n) is 9.52. The molecule has 3 rings (SSSR count). The molecule has 0 aliphatic rings. The zero-order valence-electron chi connectivity index (χ0n) is 17.6. The van der Waals surface area contributed by atoms with E-state index in [1.165, 1.54) is 12.1 Å².